The Morgan fingerprint density at radius 1 is 1.58 bits per heavy atom. The molecular weight excluding hydrogens is 326 g/mol. The second-order valence-corrected chi connectivity index (χ2v) is 7.90. The fourth-order valence-electron chi connectivity index (χ4n) is 2.98. The van der Waals surface area contributed by atoms with Gasteiger partial charge in [0, 0.05) is 18.0 Å². The summed E-state index contributed by atoms with van der Waals surface area (Å²) in [7, 11) is 0. The number of likely N-dealkylation sites (tertiary alicyclic amines) is 1. The Labute approximate surface area is 126 Å². The second kappa shape index (κ2) is 6.37. The second-order valence-electron chi connectivity index (χ2n) is 5.36. The van der Waals surface area contributed by atoms with Gasteiger partial charge >= 0.3 is 5.97 Å². The highest BCUT2D eigenvalue weighted by atomic mass is 79.9. The topological polar surface area (TPSA) is 40.5 Å². The number of carboxylic acid groups (broad SMARTS) is 1. The number of hydrogen-bond donors (Lipinski definition) is 1. The zero-order chi connectivity index (χ0) is 13.9. The van der Waals surface area contributed by atoms with Crippen molar-refractivity contribution in [2.45, 2.75) is 39.2 Å². The normalized spacial score (nSPS) is 24.5. The smallest absolute Gasteiger partial charge is 0.310 e. The summed E-state index contributed by atoms with van der Waals surface area (Å²) in [4.78, 5) is 15.2. The van der Waals surface area contributed by atoms with Crippen LogP contribution in [-0.4, -0.2) is 29.1 Å². The first-order chi connectivity index (χ1) is 9.05. The summed E-state index contributed by atoms with van der Waals surface area (Å²) in [6.07, 6.45) is 3.53. The summed E-state index contributed by atoms with van der Waals surface area (Å²) >= 11 is 5.20. The SMILES string of the molecule is CCCC1(C(=O)O)CCCN(Cc2ccc(Br)s2)C1. The van der Waals surface area contributed by atoms with Gasteiger partial charge in [0.15, 0.2) is 0 Å². The number of thiophene rings is 1. The molecule has 1 aliphatic heterocycles. The van der Waals surface area contributed by atoms with E-state index in [4.69, 9.17) is 0 Å². The molecule has 3 nitrogen and oxygen atoms in total. The zero-order valence-electron chi connectivity index (χ0n) is 11.2. The first-order valence-corrected chi connectivity index (χ1v) is 8.37. The first-order valence-electron chi connectivity index (χ1n) is 6.76. The summed E-state index contributed by atoms with van der Waals surface area (Å²) < 4.78 is 1.14. The van der Waals surface area contributed by atoms with Crippen molar-refractivity contribution in [3.8, 4) is 0 Å². The molecular formula is C14H20BrNO2S. The van der Waals surface area contributed by atoms with Crippen LogP contribution < -0.4 is 0 Å². The molecule has 0 radical (unpaired) electrons. The van der Waals surface area contributed by atoms with E-state index in [1.807, 2.05) is 0 Å². The van der Waals surface area contributed by atoms with Gasteiger partial charge in [-0.25, -0.2) is 0 Å². The predicted octanol–water partition coefficient (Wildman–Crippen LogP) is 3.98. The molecule has 0 aliphatic carbocycles. The quantitative estimate of drug-likeness (QED) is 0.877. The maximum absolute atomic E-state index is 11.6. The van der Waals surface area contributed by atoms with Gasteiger partial charge in [0.25, 0.3) is 0 Å². The van der Waals surface area contributed by atoms with Crippen molar-refractivity contribution in [1.29, 1.82) is 0 Å². The van der Waals surface area contributed by atoms with Crippen LogP contribution in [-0.2, 0) is 11.3 Å². The molecule has 19 heavy (non-hydrogen) atoms. The minimum atomic E-state index is -0.619. The Balaban J connectivity index is 2.05. The Bertz CT molecular complexity index is 444. The van der Waals surface area contributed by atoms with Gasteiger partial charge in [0.2, 0.25) is 0 Å². The molecule has 2 heterocycles. The molecule has 2 rings (SSSR count). The van der Waals surface area contributed by atoms with Gasteiger partial charge in [-0.3, -0.25) is 9.69 Å². The van der Waals surface area contributed by atoms with Crippen LogP contribution in [0, 0.1) is 5.41 Å². The van der Waals surface area contributed by atoms with E-state index in [-0.39, 0.29) is 0 Å². The number of carboxylic acids is 1. The zero-order valence-corrected chi connectivity index (χ0v) is 13.6. The maximum atomic E-state index is 11.6. The molecule has 0 aromatic carbocycles. The number of rotatable bonds is 5. The molecule has 1 aromatic heterocycles. The standard InChI is InChI=1S/C14H20BrNO2S/c1-2-6-14(13(17)18)7-3-8-16(10-14)9-11-4-5-12(15)19-11/h4-5H,2-3,6-10H2,1H3,(H,17,18). The van der Waals surface area contributed by atoms with Gasteiger partial charge < -0.3 is 5.11 Å². The Morgan fingerprint density at radius 2 is 2.37 bits per heavy atom. The highest BCUT2D eigenvalue weighted by Gasteiger charge is 2.41. The van der Waals surface area contributed by atoms with E-state index < -0.39 is 11.4 Å². The molecule has 1 N–H and O–H groups in total. The summed E-state index contributed by atoms with van der Waals surface area (Å²) in [5, 5.41) is 9.58. The van der Waals surface area contributed by atoms with E-state index in [1.54, 1.807) is 11.3 Å². The minimum Gasteiger partial charge on any atom is -0.481 e. The van der Waals surface area contributed by atoms with Crippen LogP contribution in [0.15, 0.2) is 15.9 Å². The van der Waals surface area contributed by atoms with Crippen LogP contribution in [0.3, 0.4) is 0 Å². The van der Waals surface area contributed by atoms with Crippen LogP contribution in [0.4, 0.5) is 0 Å². The average Bonchev–Trinajstić information content (AvgIpc) is 2.75. The van der Waals surface area contributed by atoms with Crippen LogP contribution in [0.25, 0.3) is 0 Å². The predicted molar refractivity (Wildman–Crippen MR) is 81.5 cm³/mol. The van der Waals surface area contributed by atoms with Gasteiger partial charge in [0.1, 0.15) is 0 Å². The molecule has 106 valence electrons. The number of hydrogen-bond acceptors (Lipinski definition) is 3. The lowest BCUT2D eigenvalue weighted by molar-refractivity contribution is -0.153. The van der Waals surface area contributed by atoms with Gasteiger partial charge in [-0.15, -0.1) is 11.3 Å². The Hall–Kier alpha value is -0.390. The van der Waals surface area contributed by atoms with Gasteiger partial charge in [-0.2, -0.15) is 0 Å². The fraction of sp³-hybridized carbons (Fsp3) is 0.643. The molecule has 0 spiro atoms. The van der Waals surface area contributed by atoms with Crippen molar-refractivity contribution in [2.75, 3.05) is 13.1 Å². The van der Waals surface area contributed by atoms with E-state index in [0.717, 1.165) is 42.6 Å². The van der Waals surface area contributed by atoms with E-state index in [9.17, 15) is 9.90 Å². The number of aliphatic carboxylic acids is 1. The van der Waals surface area contributed by atoms with Gasteiger partial charge in [0.05, 0.1) is 9.20 Å². The van der Waals surface area contributed by atoms with Crippen LogP contribution in [0.5, 0.6) is 0 Å². The summed E-state index contributed by atoms with van der Waals surface area (Å²) in [6.45, 7) is 4.63. The van der Waals surface area contributed by atoms with Crippen LogP contribution in [0.2, 0.25) is 0 Å². The molecule has 0 amide bonds. The third-order valence-corrected chi connectivity index (χ3v) is 5.45. The van der Waals surface area contributed by atoms with Crippen LogP contribution in [0.1, 0.15) is 37.5 Å². The van der Waals surface area contributed by atoms with E-state index in [0.29, 0.717) is 6.54 Å². The van der Waals surface area contributed by atoms with E-state index >= 15 is 0 Å². The lowest BCUT2D eigenvalue weighted by Crippen LogP contribution is -2.47. The third-order valence-electron chi connectivity index (χ3n) is 3.85. The van der Waals surface area contributed by atoms with Crippen molar-refractivity contribution in [1.82, 2.24) is 4.90 Å². The third kappa shape index (κ3) is 3.58. The molecule has 1 saturated heterocycles. The van der Waals surface area contributed by atoms with Gasteiger partial charge in [-0.1, -0.05) is 13.3 Å². The van der Waals surface area contributed by atoms with Gasteiger partial charge in [-0.05, 0) is 53.9 Å². The molecule has 5 heteroatoms. The van der Waals surface area contributed by atoms with Crippen molar-refractivity contribution in [2.24, 2.45) is 5.41 Å². The van der Waals surface area contributed by atoms with Crippen molar-refractivity contribution in [3.63, 3.8) is 0 Å². The lowest BCUT2D eigenvalue weighted by Gasteiger charge is -2.39. The molecule has 1 unspecified atom stereocenters. The highest BCUT2D eigenvalue weighted by Crippen LogP contribution is 2.36. The first kappa shape index (κ1) is 15.0. The maximum Gasteiger partial charge on any atom is 0.310 e. The molecule has 0 saturated carbocycles. The number of nitrogens with zero attached hydrogens (tertiary/aromatic N) is 1. The van der Waals surface area contributed by atoms with E-state index in [2.05, 4.69) is 39.9 Å². The Morgan fingerprint density at radius 3 is 2.95 bits per heavy atom. The average molecular weight is 346 g/mol. The molecule has 0 bridgehead atoms. The van der Waals surface area contributed by atoms with E-state index in [1.165, 1.54) is 4.88 Å². The van der Waals surface area contributed by atoms with Crippen LogP contribution >= 0.6 is 27.3 Å². The number of carbonyl (C=O) groups is 1. The minimum absolute atomic E-state index is 0.526. The summed E-state index contributed by atoms with van der Waals surface area (Å²) in [5.74, 6) is -0.619. The summed E-state index contributed by atoms with van der Waals surface area (Å²) in [5.41, 5.74) is -0.526. The number of halogens is 1. The molecule has 1 aromatic rings. The molecule has 1 atom stereocenters. The molecule has 1 fully saturated rings. The highest BCUT2D eigenvalue weighted by molar-refractivity contribution is 9.11. The summed E-state index contributed by atoms with van der Waals surface area (Å²) in [6, 6.07) is 4.17. The molecule has 1 aliphatic rings. The number of piperidine rings is 1. The monoisotopic (exact) mass is 345 g/mol. The van der Waals surface area contributed by atoms with Crippen molar-refractivity contribution >= 4 is 33.2 Å². The van der Waals surface area contributed by atoms with Crippen molar-refractivity contribution in [3.05, 3.63) is 20.8 Å². The Kier molecular flexibility index (Phi) is 5.03. The lowest BCUT2D eigenvalue weighted by atomic mass is 9.76. The fourth-order valence-corrected chi connectivity index (χ4v) is 4.51. The largest absolute Gasteiger partial charge is 0.481 e. The van der Waals surface area contributed by atoms with Crippen molar-refractivity contribution < 1.29 is 9.90 Å².